The van der Waals surface area contributed by atoms with Crippen molar-refractivity contribution in [2.24, 2.45) is 0 Å². The van der Waals surface area contributed by atoms with Gasteiger partial charge in [-0.15, -0.1) is 0 Å². The quantitative estimate of drug-likeness (QED) is 0.820. The van der Waals surface area contributed by atoms with Gasteiger partial charge in [0.25, 0.3) is 0 Å². The summed E-state index contributed by atoms with van der Waals surface area (Å²) in [5.74, 6) is 1.27. The van der Waals surface area contributed by atoms with Gasteiger partial charge in [0.15, 0.2) is 0 Å². The predicted molar refractivity (Wildman–Crippen MR) is 97.6 cm³/mol. The maximum Gasteiger partial charge on any atom is 0.320 e. The van der Waals surface area contributed by atoms with Crippen molar-refractivity contribution in [1.82, 2.24) is 19.7 Å². The molecule has 0 aromatic carbocycles. The van der Waals surface area contributed by atoms with E-state index < -0.39 is 0 Å². The van der Waals surface area contributed by atoms with Crippen LogP contribution in [0.5, 0.6) is 11.6 Å². The van der Waals surface area contributed by atoms with Gasteiger partial charge in [-0.1, -0.05) is 6.42 Å². The molecule has 0 spiro atoms. The fraction of sp³-hybridized carbons (Fsp3) is 0.684. The number of carbonyl (C=O) groups excluding carboxylic acids is 1. The van der Waals surface area contributed by atoms with Crippen LogP contribution in [0.3, 0.4) is 0 Å². The molecule has 0 unspecified atom stereocenters. The van der Waals surface area contributed by atoms with Crippen molar-refractivity contribution in [3.05, 3.63) is 18.3 Å². The first-order chi connectivity index (χ1) is 12.7. The van der Waals surface area contributed by atoms with E-state index in [1.807, 2.05) is 15.9 Å². The van der Waals surface area contributed by atoms with Crippen LogP contribution in [0.2, 0.25) is 0 Å². The molecule has 0 atom stereocenters. The minimum atomic E-state index is 0.0458. The third-order valence-corrected chi connectivity index (χ3v) is 5.73. The minimum Gasteiger partial charge on any atom is -0.486 e. The molecule has 2 saturated heterocycles. The first-order valence-electron chi connectivity index (χ1n) is 9.67. The lowest BCUT2D eigenvalue weighted by molar-refractivity contribution is 0.0307. The smallest absolute Gasteiger partial charge is 0.320 e. The van der Waals surface area contributed by atoms with Crippen molar-refractivity contribution in [2.75, 3.05) is 46.4 Å². The number of pyridine rings is 1. The third-order valence-electron chi connectivity index (χ3n) is 5.73. The summed E-state index contributed by atoms with van der Waals surface area (Å²) in [5.41, 5.74) is 0. The summed E-state index contributed by atoms with van der Waals surface area (Å²) in [6.45, 7) is 5.15. The summed E-state index contributed by atoms with van der Waals surface area (Å²) in [5, 5.41) is 0. The Hall–Kier alpha value is -2.02. The number of likely N-dealkylation sites (tertiary alicyclic amines) is 1. The van der Waals surface area contributed by atoms with Crippen molar-refractivity contribution in [3.63, 3.8) is 0 Å². The Morgan fingerprint density at radius 3 is 2.69 bits per heavy atom. The monoisotopic (exact) mass is 360 g/mol. The van der Waals surface area contributed by atoms with Gasteiger partial charge in [-0.3, -0.25) is 4.90 Å². The van der Waals surface area contributed by atoms with E-state index in [0.29, 0.717) is 19.0 Å². The van der Waals surface area contributed by atoms with Crippen LogP contribution >= 0.6 is 0 Å². The van der Waals surface area contributed by atoms with Crippen LogP contribution in [0, 0.1) is 0 Å². The Morgan fingerprint density at radius 2 is 1.96 bits per heavy atom. The molecule has 7 nitrogen and oxygen atoms in total. The number of hydrogen-bond donors (Lipinski definition) is 0. The van der Waals surface area contributed by atoms with Crippen LogP contribution in [-0.4, -0.2) is 84.2 Å². The molecule has 142 valence electrons. The zero-order chi connectivity index (χ0) is 17.9. The van der Waals surface area contributed by atoms with Crippen molar-refractivity contribution < 1.29 is 14.3 Å². The molecule has 2 aliphatic heterocycles. The van der Waals surface area contributed by atoms with Crippen LogP contribution in [-0.2, 0) is 0 Å². The molecule has 0 bridgehead atoms. The van der Waals surface area contributed by atoms with Crippen LogP contribution in [0.4, 0.5) is 4.79 Å². The molecule has 3 fully saturated rings. The fourth-order valence-electron chi connectivity index (χ4n) is 3.88. The van der Waals surface area contributed by atoms with E-state index >= 15 is 0 Å². The highest BCUT2D eigenvalue weighted by Gasteiger charge is 2.36. The molecule has 1 saturated carbocycles. The molecule has 0 radical (unpaired) electrons. The molecule has 26 heavy (non-hydrogen) atoms. The van der Waals surface area contributed by atoms with Gasteiger partial charge in [0, 0.05) is 44.5 Å². The molecule has 7 heteroatoms. The largest absolute Gasteiger partial charge is 0.486 e. The second kappa shape index (κ2) is 7.70. The van der Waals surface area contributed by atoms with Crippen LogP contribution in [0.15, 0.2) is 18.3 Å². The van der Waals surface area contributed by atoms with Gasteiger partial charge in [0.05, 0.1) is 20.2 Å². The van der Waals surface area contributed by atoms with Crippen LogP contribution in [0.1, 0.15) is 25.7 Å². The topological polar surface area (TPSA) is 58.1 Å². The number of methoxy groups -OCH3 is 1. The van der Waals surface area contributed by atoms with Gasteiger partial charge in [0.1, 0.15) is 11.9 Å². The van der Waals surface area contributed by atoms with E-state index in [4.69, 9.17) is 9.47 Å². The third kappa shape index (κ3) is 3.72. The van der Waals surface area contributed by atoms with E-state index in [-0.39, 0.29) is 12.1 Å². The SMILES string of the molecule is COc1cc(OC2CN(C(=O)N3CCCN(C4CCC4)CC3)C2)ccn1. The summed E-state index contributed by atoms with van der Waals surface area (Å²) in [4.78, 5) is 23.3. The van der Waals surface area contributed by atoms with Gasteiger partial charge >= 0.3 is 6.03 Å². The fourth-order valence-corrected chi connectivity index (χ4v) is 3.88. The normalized spacial score (nSPS) is 22.3. The van der Waals surface area contributed by atoms with E-state index in [2.05, 4.69) is 9.88 Å². The van der Waals surface area contributed by atoms with Gasteiger partial charge < -0.3 is 19.3 Å². The molecule has 1 aromatic heterocycles. The van der Waals surface area contributed by atoms with Crippen molar-refractivity contribution >= 4 is 6.03 Å². The molecule has 1 aromatic rings. The average molecular weight is 360 g/mol. The highest BCUT2D eigenvalue weighted by Crippen LogP contribution is 2.26. The average Bonchev–Trinajstić information content (AvgIpc) is 2.82. The Kier molecular flexibility index (Phi) is 5.15. The molecular weight excluding hydrogens is 332 g/mol. The van der Waals surface area contributed by atoms with Crippen molar-refractivity contribution in [3.8, 4) is 11.6 Å². The number of hydrogen-bond acceptors (Lipinski definition) is 5. The summed E-state index contributed by atoms with van der Waals surface area (Å²) in [7, 11) is 1.59. The van der Waals surface area contributed by atoms with E-state index in [1.54, 1.807) is 19.4 Å². The van der Waals surface area contributed by atoms with Crippen LogP contribution < -0.4 is 9.47 Å². The summed E-state index contributed by atoms with van der Waals surface area (Å²) >= 11 is 0. The van der Waals surface area contributed by atoms with Crippen molar-refractivity contribution in [1.29, 1.82) is 0 Å². The number of ether oxygens (including phenoxy) is 2. The lowest BCUT2D eigenvalue weighted by atomic mass is 9.91. The Labute approximate surface area is 154 Å². The first kappa shape index (κ1) is 17.4. The second-order valence-electron chi connectivity index (χ2n) is 7.42. The maximum absolute atomic E-state index is 12.7. The molecule has 4 rings (SSSR count). The first-order valence-corrected chi connectivity index (χ1v) is 9.67. The Bertz CT molecular complexity index is 631. The summed E-state index contributed by atoms with van der Waals surface area (Å²) in [6.07, 6.45) is 6.82. The number of aromatic nitrogens is 1. The number of nitrogens with zero attached hydrogens (tertiary/aromatic N) is 4. The number of amides is 2. The van der Waals surface area contributed by atoms with Gasteiger partial charge in [0.2, 0.25) is 5.88 Å². The molecule has 2 amide bonds. The Morgan fingerprint density at radius 1 is 1.12 bits per heavy atom. The number of urea groups is 1. The van der Waals surface area contributed by atoms with Gasteiger partial charge in [-0.05, 0) is 25.3 Å². The number of rotatable bonds is 4. The summed E-state index contributed by atoms with van der Waals surface area (Å²) < 4.78 is 11.0. The van der Waals surface area contributed by atoms with Crippen LogP contribution in [0.25, 0.3) is 0 Å². The molecule has 3 heterocycles. The minimum absolute atomic E-state index is 0.0458. The highest BCUT2D eigenvalue weighted by molar-refractivity contribution is 5.75. The van der Waals surface area contributed by atoms with E-state index in [9.17, 15) is 4.79 Å². The van der Waals surface area contributed by atoms with Gasteiger partial charge in [-0.2, -0.15) is 0 Å². The molecule has 1 aliphatic carbocycles. The number of carbonyl (C=O) groups is 1. The zero-order valence-electron chi connectivity index (χ0n) is 15.5. The molecular formula is C19H28N4O3. The maximum atomic E-state index is 12.7. The molecule has 0 N–H and O–H groups in total. The van der Waals surface area contributed by atoms with Gasteiger partial charge in [-0.25, -0.2) is 9.78 Å². The lowest BCUT2D eigenvalue weighted by Crippen LogP contribution is -2.60. The summed E-state index contributed by atoms with van der Waals surface area (Å²) in [6, 6.07) is 4.52. The predicted octanol–water partition coefficient (Wildman–Crippen LogP) is 1.83. The molecule has 3 aliphatic rings. The highest BCUT2D eigenvalue weighted by atomic mass is 16.5. The second-order valence-corrected chi connectivity index (χ2v) is 7.42. The standard InChI is InChI=1S/C19H28N4O3/c1-25-18-12-16(6-7-20-18)26-17-13-23(14-17)19(24)22-9-3-8-21(10-11-22)15-4-2-5-15/h6-7,12,15,17H,2-5,8-11,13-14H2,1H3. The van der Waals surface area contributed by atoms with E-state index in [1.165, 1.54) is 19.3 Å². The van der Waals surface area contributed by atoms with E-state index in [0.717, 1.165) is 44.4 Å². The lowest BCUT2D eigenvalue weighted by Gasteiger charge is -2.41. The van der Waals surface area contributed by atoms with Crippen molar-refractivity contribution in [2.45, 2.75) is 37.8 Å². The Balaban J connectivity index is 1.23. The zero-order valence-corrected chi connectivity index (χ0v) is 15.5.